The highest BCUT2D eigenvalue weighted by atomic mass is 19.4. The SMILES string of the molecule is COC(=O)Cc1c(C#N)cnc(C(F)F)c1C(F)(F)F. The van der Waals surface area contributed by atoms with E-state index in [9.17, 15) is 26.7 Å². The third-order valence-corrected chi connectivity index (χ3v) is 2.38. The second kappa shape index (κ2) is 5.81. The molecule has 1 rings (SSSR count). The number of pyridine rings is 1. The first-order valence-corrected chi connectivity index (χ1v) is 5.06. The molecule has 0 fully saturated rings. The monoisotopic (exact) mass is 294 g/mol. The smallest absolute Gasteiger partial charge is 0.418 e. The lowest BCUT2D eigenvalue weighted by Crippen LogP contribution is -2.19. The molecule has 0 radical (unpaired) electrons. The van der Waals surface area contributed by atoms with Crippen molar-refractivity contribution in [1.82, 2.24) is 4.98 Å². The molecular weight excluding hydrogens is 287 g/mol. The van der Waals surface area contributed by atoms with Gasteiger partial charge in [0.2, 0.25) is 0 Å². The lowest BCUT2D eigenvalue weighted by Gasteiger charge is -2.16. The van der Waals surface area contributed by atoms with Crippen molar-refractivity contribution in [2.24, 2.45) is 0 Å². The van der Waals surface area contributed by atoms with Crippen molar-refractivity contribution in [3.05, 3.63) is 28.6 Å². The average Bonchev–Trinajstić information content (AvgIpc) is 2.36. The molecule has 0 N–H and O–H groups in total. The van der Waals surface area contributed by atoms with Gasteiger partial charge in [-0.3, -0.25) is 9.78 Å². The van der Waals surface area contributed by atoms with Crippen LogP contribution in [0, 0.1) is 11.3 Å². The van der Waals surface area contributed by atoms with Crippen LogP contribution >= 0.6 is 0 Å². The largest absolute Gasteiger partial charge is 0.469 e. The Labute approximate surface area is 109 Å². The highest BCUT2D eigenvalue weighted by Crippen LogP contribution is 2.38. The summed E-state index contributed by atoms with van der Waals surface area (Å²) >= 11 is 0. The number of carbonyl (C=O) groups is 1. The molecule has 0 aromatic carbocycles. The quantitative estimate of drug-likeness (QED) is 0.635. The molecule has 0 unspecified atom stereocenters. The van der Waals surface area contributed by atoms with Crippen LogP contribution in [-0.2, 0) is 22.1 Å². The summed E-state index contributed by atoms with van der Waals surface area (Å²) in [7, 11) is 0.927. The molecule has 0 aliphatic heterocycles. The van der Waals surface area contributed by atoms with E-state index in [1.165, 1.54) is 6.07 Å². The molecule has 1 aromatic heterocycles. The van der Waals surface area contributed by atoms with Gasteiger partial charge in [-0.05, 0) is 5.56 Å². The highest BCUT2D eigenvalue weighted by Gasteiger charge is 2.40. The van der Waals surface area contributed by atoms with Gasteiger partial charge in [-0.1, -0.05) is 0 Å². The predicted octanol–water partition coefficient (Wildman–Crippen LogP) is 2.63. The second-order valence-electron chi connectivity index (χ2n) is 3.57. The average molecular weight is 294 g/mol. The lowest BCUT2D eigenvalue weighted by molar-refractivity contribution is -0.142. The molecule has 0 spiro atoms. The van der Waals surface area contributed by atoms with Crippen LogP contribution in [-0.4, -0.2) is 18.1 Å². The van der Waals surface area contributed by atoms with Gasteiger partial charge in [-0.15, -0.1) is 0 Å². The fourth-order valence-corrected chi connectivity index (χ4v) is 1.54. The van der Waals surface area contributed by atoms with Crippen LogP contribution in [0.2, 0.25) is 0 Å². The van der Waals surface area contributed by atoms with Gasteiger partial charge in [0.25, 0.3) is 6.43 Å². The Hall–Kier alpha value is -2.24. The number of nitrogens with zero attached hydrogens (tertiary/aromatic N) is 2. The molecule has 0 atom stereocenters. The number of ether oxygens (including phenoxy) is 1. The van der Waals surface area contributed by atoms with Gasteiger partial charge in [-0.2, -0.15) is 18.4 Å². The molecule has 0 saturated carbocycles. The van der Waals surface area contributed by atoms with Crippen molar-refractivity contribution < 1.29 is 31.5 Å². The summed E-state index contributed by atoms with van der Waals surface area (Å²) in [4.78, 5) is 14.1. The molecule has 4 nitrogen and oxygen atoms in total. The minimum Gasteiger partial charge on any atom is -0.469 e. The number of nitriles is 1. The molecule has 1 aromatic rings. The molecule has 9 heteroatoms. The van der Waals surface area contributed by atoms with Gasteiger partial charge < -0.3 is 4.74 Å². The van der Waals surface area contributed by atoms with Crippen molar-refractivity contribution in [1.29, 1.82) is 5.26 Å². The molecule has 1 heterocycles. The lowest BCUT2D eigenvalue weighted by atomic mass is 9.98. The minimum atomic E-state index is -5.17. The van der Waals surface area contributed by atoms with Crippen LogP contribution in [0.1, 0.15) is 28.8 Å². The Balaban J connectivity index is 3.62. The van der Waals surface area contributed by atoms with Gasteiger partial charge in [0.05, 0.1) is 24.7 Å². The van der Waals surface area contributed by atoms with Crippen LogP contribution in [0.15, 0.2) is 6.20 Å². The number of esters is 1. The van der Waals surface area contributed by atoms with Gasteiger partial charge in [-0.25, -0.2) is 8.78 Å². The van der Waals surface area contributed by atoms with Gasteiger partial charge >= 0.3 is 12.1 Å². The van der Waals surface area contributed by atoms with Crippen LogP contribution in [0.25, 0.3) is 0 Å². The first-order valence-electron chi connectivity index (χ1n) is 5.06. The third kappa shape index (κ3) is 3.20. The van der Waals surface area contributed by atoms with E-state index < -0.39 is 47.4 Å². The summed E-state index contributed by atoms with van der Waals surface area (Å²) in [5.74, 6) is -1.08. The topological polar surface area (TPSA) is 63.0 Å². The molecular formula is C11H7F5N2O2. The maximum Gasteiger partial charge on any atom is 0.418 e. The molecule has 20 heavy (non-hydrogen) atoms. The number of halogens is 5. The Morgan fingerprint density at radius 3 is 2.50 bits per heavy atom. The van der Waals surface area contributed by atoms with E-state index >= 15 is 0 Å². The molecule has 0 saturated heterocycles. The predicted molar refractivity (Wildman–Crippen MR) is 54.6 cm³/mol. The first kappa shape index (κ1) is 15.8. The zero-order valence-electron chi connectivity index (χ0n) is 9.96. The first-order chi connectivity index (χ1) is 9.22. The number of carbonyl (C=O) groups excluding carboxylic acids is 1. The van der Waals surface area contributed by atoms with Crippen molar-refractivity contribution in [2.75, 3.05) is 7.11 Å². The summed E-state index contributed by atoms with van der Waals surface area (Å²) in [5.41, 5.74) is -4.75. The van der Waals surface area contributed by atoms with Crippen LogP contribution in [0.4, 0.5) is 22.0 Å². The Morgan fingerprint density at radius 2 is 2.10 bits per heavy atom. The summed E-state index contributed by atoms with van der Waals surface area (Å²) in [6, 6.07) is 1.39. The normalized spacial score (nSPS) is 11.3. The van der Waals surface area contributed by atoms with E-state index in [0.29, 0.717) is 6.20 Å². The standard InChI is InChI=1S/C11H7F5N2O2/c1-20-7(19)2-6-5(3-17)4-18-9(10(12)13)8(6)11(14,15)16/h4,10H,2H2,1H3. The number of hydrogen-bond acceptors (Lipinski definition) is 4. The fraction of sp³-hybridized carbons (Fsp3) is 0.364. The van der Waals surface area contributed by atoms with E-state index in [-0.39, 0.29) is 0 Å². The Morgan fingerprint density at radius 1 is 1.50 bits per heavy atom. The van der Waals surface area contributed by atoms with Crippen molar-refractivity contribution in [3.8, 4) is 6.07 Å². The summed E-state index contributed by atoms with van der Waals surface area (Å²) in [5, 5.41) is 8.73. The maximum atomic E-state index is 12.9. The van der Waals surface area contributed by atoms with Gasteiger partial charge in [0.15, 0.2) is 0 Å². The highest BCUT2D eigenvalue weighted by molar-refractivity contribution is 5.74. The molecule has 0 aliphatic rings. The van der Waals surface area contributed by atoms with Gasteiger partial charge in [0, 0.05) is 6.20 Å². The number of methoxy groups -OCH3 is 1. The van der Waals surface area contributed by atoms with Crippen LogP contribution in [0.5, 0.6) is 0 Å². The minimum absolute atomic E-state index is 0.578. The van der Waals surface area contributed by atoms with Crippen molar-refractivity contribution >= 4 is 5.97 Å². The third-order valence-electron chi connectivity index (χ3n) is 2.38. The molecule has 108 valence electrons. The van der Waals surface area contributed by atoms with Crippen molar-refractivity contribution in [2.45, 2.75) is 19.0 Å². The van der Waals surface area contributed by atoms with E-state index in [0.717, 1.165) is 7.11 Å². The number of alkyl halides is 5. The maximum absolute atomic E-state index is 12.9. The van der Waals surface area contributed by atoms with Gasteiger partial charge in [0.1, 0.15) is 11.8 Å². The number of hydrogen-bond donors (Lipinski definition) is 0. The molecule has 0 bridgehead atoms. The number of rotatable bonds is 3. The summed E-state index contributed by atoms with van der Waals surface area (Å²) in [6.45, 7) is 0. The Bertz CT molecular complexity index is 563. The van der Waals surface area contributed by atoms with E-state index in [1.807, 2.05) is 0 Å². The zero-order valence-corrected chi connectivity index (χ0v) is 9.96. The Kier molecular flexibility index (Phi) is 4.60. The van der Waals surface area contributed by atoms with Crippen LogP contribution in [0.3, 0.4) is 0 Å². The number of aromatic nitrogens is 1. The second-order valence-corrected chi connectivity index (χ2v) is 3.57. The van der Waals surface area contributed by atoms with Crippen LogP contribution < -0.4 is 0 Å². The molecule has 0 amide bonds. The van der Waals surface area contributed by atoms with E-state index in [4.69, 9.17) is 5.26 Å². The zero-order chi connectivity index (χ0) is 15.5. The fourth-order valence-electron chi connectivity index (χ4n) is 1.54. The summed E-state index contributed by atoms with van der Waals surface area (Å²) < 4.78 is 68.2. The van der Waals surface area contributed by atoms with E-state index in [1.54, 1.807) is 0 Å². The summed E-state index contributed by atoms with van der Waals surface area (Å²) in [6.07, 6.45) is -9.03. The van der Waals surface area contributed by atoms with Crippen molar-refractivity contribution in [3.63, 3.8) is 0 Å². The van der Waals surface area contributed by atoms with E-state index in [2.05, 4.69) is 9.72 Å². The molecule has 0 aliphatic carbocycles.